The molecule has 23 heavy (non-hydrogen) atoms. The number of aromatic nitrogens is 2. The van der Waals surface area contributed by atoms with Gasteiger partial charge in [-0.1, -0.05) is 0 Å². The van der Waals surface area contributed by atoms with Crippen LogP contribution in [0.15, 0.2) is 21.4 Å². The van der Waals surface area contributed by atoms with Crippen LogP contribution in [-0.4, -0.2) is 46.5 Å². The Morgan fingerprint density at radius 1 is 1.22 bits per heavy atom. The lowest BCUT2D eigenvalue weighted by atomic mass is 10.1. The molecule has 122 valence electrons. The van der Waals surface area contributed by atoms with E-state index in [0.29, 0.717) is 43.0 Å². The summed E-state index contributed by atoms with van der Waals surface area (Å²) in [5, 5.41) is 0.616. The average Bonchev–Trinajstić information content (AvgIpc) is 2.51. The first kappa shape index (κ1) is 16.0. The largest absolute Gasteiger partial charge is 0.339 e. The fraction of sp³-hybridized carbons (Fsp3) is 0.438. The van der Waals surface area contributed by atoms with Crippen molar-refractivity contribution in [2.45, 2.75) is 13.8 Å². The molecule has 0 N–H and O–H groups in total. The van der Waals surface area contributed by atoms with Crippen LogP contribution in [0.5, 0.6) is 0 Å². The first-order valence-electron chi connectivity index (χ1n) is 7.56. The van der Waals surface area contributed by atoms with Gasteiger partial charge in [-0.25, -0.2) is 4.98 Å². The number of halogens is 1. The van der Waals surface area contributed by atoms with E-state index in [1.54, 1.807) is 18.5 Å². The van der Waals surface area contributed by atoms with Crippen molar-refractivity contribution in [3.05, 3.63) is 32.5 Å². The van der Waals surface area contributed by atoms with Gasteiger partial charge in [0.05, 0.1) is 10.9 Å². The van der Waals surface area contributed by atoms with E-state index in [1.165, 1.54) is 0 Å². The highest BCUT2D eigenvalue weighted by molar-refractivity contribution is 9.10. The number of carbonyl (C=O) groups excluding carboxylic acids is 1. The molecule has 1 saturated heterocycles. The van der Waals surface area contributed by atoms with E-state index in [-0.39, 0.29) is 11.5 Å². The zero-order valence-electron chi connectivity index (χ0n) is 13.5. The fourth-order valence-corrected chi connectivity index (χ4v) is 3.63. The Labute approximate surface area is 142 Å². The van der Waals surface area contributed by atoms with E-state index >= 15 is 0 Å². The van der Waals surface area contributed by atoms with Gasteiger partial charge in [-0.2, -0.15) is 0 Å². The Bertz CT molecular complexity index is 838. The van der Waals surface area contributed by atoms with E-state index in [0.717, 1.165) is 10.0 Å². The molecule has 1 aromatic heterocycles. The van der Waals surface area contributed by atoms with Gasteiger partial charge in [0.25, 0.3) is 5.56 Å². The third-order valence-electron chi connectivity index (χ3n) is 4.26. The van der Waals surface area contributed by atoms with Crippen LogP contribution in [-0.2, 0) is 11.8 Å². The van der Waals surface area contributed by atoms with Crippen molar-refractivity contribution in [3.8, 4) is 0 Å². The minimum Gasteiger partial charge on any atom is -0.339 e. The van der Waals surface area contributed by atoms with Crippen molar-refractivity contribution >= 4 is 38.7 Å². The fourth-order valence-electron chi connectivity index (χ4n) is 2.96. The second-order valence-electron chi connectivity index (χ2n) is 5.91. The van der Waals surface area contributed by atoms with Crippen LogP contribution in [0.25, 0.3) is 10.9 Å². The number of hydrogen-bond acceptors (Lipinski definition) is 4. The summed E-state index contributed by atoms with van der Waals surface area (Å²) in [5.41, 5.74) is 1.65. The van der Waals surface area contributed by atoms with E-state index in [2.05, 4.69) is 20.8 Å². The third-order valence-corrected chi connectivity index (χ3v) is 4.87. The van der Waals surface area contributed by atoms with Crippen LogP contribution in [0.2, 0.25) is 0 Å². The van der Waals surface area contributed by atoms with E-state index < -0.39 is 0 Å². The third kappa shape index (κ3) is 2.85. The van der Waals surface area contributed by atoms with Crippen LogP contribution in [0.1, 0.15) is 12.5 Å². The molecule has 1 aromatic carbocycles. The van der Waals surface area contributed by atoms with Gasteiger partial charge < -0.3 is 9.80 Å². The number of nitrogens with zero attached hydrogens (tertiary/aromatic N) is 4. The van der Waals surface area contributed by atoms with Gasteiger partial charge in [0.1, 0.15) is 0 Å². The number of aryl methyl sites for hydroxylation is 1. The normalized spacial score (nSPS) is 15.3. The van der Waals surface area contributed by atoms with Gasteiger partial charge in [0, 0.05) is 44.6 Å². The topological polar surface area (TPSA) is 58.4 Å². The number of piperazine rings is 1. The highest BCUT2D eigenvalue weighted by atomic mass is 79.9. The van der Waals surface area contributed by atoms with Crippen molar-refractivity contribution in [3.63, 3.8) is 0 Å². The first-order valence-corrected chi connectivity index (χ1v) is 8.35. The summed E-state index contributed by atoms with van der Waals surface area (Å²) < 4.78 is 2.42. The lowest BCUT2D eigenvalue weighted by molar-refractivity contribution is -0.129. The molecule has 3 rings (SSSR count). The second kappa shape index (κ2) is 5.96. The summed E-state index contributed by atoms with van der Waals surface area (Å²) in [6.07, 6.45) is 0. The van der Waals surface area contributed by atoms with E-state index in [4.69, 9.17) is 4.98 Å². The predicted molar refractivity (Wildman–Crippen MR) is 93.9 cm³/mol. The predicted octanol–water partition coefficient (Wildman–Crippen LogP) is 1.67. The SMILES string of the molecule is CC(=O)N1CCN(c2nc3c(Br)cc(C)cc3c(=O)n2C)CC1. The van der Waals surface area contributed by atoms with E-state index in [9.17, 15) is 9.59 Å². The van der Waals surface area contributed by atoms with Crippen molar-refractivity contribution in [2.24, 2.45) is 7.05 Å². The van der Waals surface area contributed by atoms with Gasteiger partial charge in [-0.05, 0) is 40.5 Å². The second-order valence-corrected chi connectivity index (χ2v) is 6.77. The molecule has 0 saturated carbocycles. The van der Waals surface area contributed by atoms with E-state index in [1.807, 2.05) is 24.0 Å². The Kier molecular flexibility index (Phi) is 4.14. The molecule has 0 aliphatic carbocycles. The smallest absolute Gasteiger partial charge is 0.262 e. The molecule has 0 spiro atoms. The number of fused-ring (bicyclic) bond motifs is 1. The van der Waals surface area contributed by atoms with Crippen molar-refractivity contribution in [1.82, 2.24) is 14.5 Å². The Balaban J connectivity index is 2.04. The van der Waals surface area contributed by atoms with Crippen LogP contribution in [0, 0.1) is 6.92 Å². The summed E-state index contributed by atoms with van der Waals surface area (Å²) in [5.74, 6) is 0.735. The monoisotopic (exact) mass is 378 g/mol. The molecule has 1 fully saturated rings. The molecular weight excluding hydrogens is 360 g/mol. The maximum Gasteiger partial charge on any atom is 0.262 e. The lowest BCUT2D eigenvalue weighted by Gasteiger charge is -2.35. The zero-order valence-corrected chi connectivity index (χ0v) is 15.1. The van der Waals surface area contributed by atoms with Crippen LogP contribution in [0.3, 0.4) is 0 Å². The van der Waals surface area contributed by atoms with Crippen LogP contribution < -0.4 is 10.5 Å². The molecule has 0 radical (unpaired) electrons. The minimum absolute atomic E-state index is 0.0524. The van der Waals surface area contributed by atoms with Gasteiger partial charge >= 0.3 is 0 Å². The molecule has 6 nitrogen and oxygen atoms in total. The Hall–Kier alpha value is -1.89. The number of anilines is 1. The molecule has 0 atom stereocenters. The summed E-state index contributed by atoms with van der Waals surface area (Å²) in [6.45, 7) is 6.19. The molecule has 0 unspecified atom stereocenters. The lowest BCUT2D eigenvalue weighted by Crippen LogP contribution is -2.49. The Morgan fingerprint density at radius 3 is 2.48 bits per heavy atom. The standard InChI is InChI=1S/C16H19BrN4O2/c1-10-8-12-14(13(17)9-10)18-16(19(3)15(12)23)21-6-4-20(5-7-21)11(2)22/h8-9H,4-7H2,1-3H3. The quantitative estimate of drug-likeness (QED) is 0.757. The van der Waals surface area contributed by atoms with Crippen LogP contribution >= 0.6 is 15.9 Å². The van der Waals surface area contributed by atoms with Gasteiger partial charge in [-0.3, -0.25) is 14.2 Å². The molecule has 2 aromatic rings. The molecule has 1 aliphatic rings. The number of benzene rings is 1. The maximum absolute atomic E-state index is 12.7. The Morgan fingerprint density at radius 2 is 1.87 bits per heavy atom. The first-order chi connectivity index (χ1) is 10.9. The maximum atomic E-state index is 12.7. The van der Waals surface area contributed by atoms with Crippen molar-refractivity contribution < 1.29 is 4.79 Å². The highest BCUT2D eigenvalue weighted by Crippen LogP contribution is 2.24. The number of hydrogen-bond donors (Lipinski definition) is 0. The van der Waals surface area contributed by atoms with Crippen molar-refractivity contribution in [1.29, 1.82) is 0 Å². The van der Waals surface area contributed by atoms with Gasteiger partial charge in [0.15, 0.2) is 0 Å². The van der Waals surface area contributed by atoms with Crippen molar-refractivity contribution in [2.75, 3.05) is 31.1 Å². The average molecular weight is 379 g/mol. The number of amides is 1. The molecule has 1 aliphatic heterocycles. The molecule has 2 heterocycles. The van der Waals surface area contributed by atoms with Gasteiger partial charge in [0.2, 0.25) is 11.9 Å². The highest BCUT2D eigenvalue weighted by Gasteiger charge is 2.22. The zero-order chi connectivity index (χ0) is 16.7. The number of rotatable bonds is 1. The number of carbonyl (C=O) groups is 1. The van der Waals surface area contributed by atoms with Gasteiger partial charge in [-0.15, -0.1) is 0 Å². The molecular formula is C16H19BrN4O2. The summed E-state index contributed by atoms with van der Waals surface area (Å²) >= 11 is 3.51. The minimum atomic E-state index is -0.0524. The summed E-state index contributed by atoms with van der Waals surface area (Å²) in [4.78, 5) is 32.7. The summed E-state index contributed by atoms with van der Waals surface area (Å²) in [6, 6.07) is 3.83. The molecule has 1 amide bonds. The molecule has 7 heteroatoms. The summed E-state index contributed by atoms with van der Waals surface area (Å²) in [7, 11) is 1.75. The molecule has 0 bridgehead atoms. The van der Waals surface area contributed by atoms with Crippen LogP contribution in [0.4, 0.5) is 5.95 Å².